The number of anilines is 1. The predicted octanol–water partition coefficient (Wildman–Crippen LogP) is 3.65. The number of aliphatic carboxylic acids is 1. The smallest absolute Gasteiger partial charge is 0.303 e. The maximum Gasteiger partial charge on any atom is 0.303 e. The van der Waals surface area contributed by atoms with Gasteiger partial charge in [0.25, 0.3) is 11.8 Å². The summed E-state index contributed by atoms with van der Waals surface area (Å²) in [6, 6.07) is 2.73. The topological polar surface area (TPSA) is 130 Å². The highest BCUT2D eigenvalue weighted by atomic mass is 32.2. The highest BCUT2D eigenvalue weighted by Crippen LogP contribution is 2.35. The van der Waals surface area contributed by atoms with Crippen LogP contribution in [0.15, 0.2) is 12.1 Å². The van der Waals surface area contributed by atoms with Gasteiger partial charge in [0.15, 0.2) is 0 Å². The van der Waals surface area contributed by atoms with Crippen molar-refractivity contribution >= 4 is 33.5 Å². The zero-order valence-corrected chi connectivity index (χ0v) is 19.8. The third-order valence-electron chi connectivity index (χ3n) is 6.13. The molecule has 3 rings (SSSR count). The molecule has 9 nitrogen and oxygen atoms in total. The molecule has 1 fully saturated rings. The second kappa shape index (κ2) is 11.0. The maximum absolute atomic E-state index is 12.7. The van der Waals surface area contributed by atoms with Gasteiger partial charge in [0.05, 0.1) is 29.7 Å². The van der Waals surface area contributed by atoms with Gasteiger partial charge in [-0.2, -0.15) is 0 Å². The number of fused-ring (bicyclic) bond motifs is 1. The lowest BCUT2D eigenvalue weighted by molar-refractivity contribution is -0.137. The van der Waals surface area contributed by atoms with Crippen LogP contribution in [0.1, 0.15) is 84.9 Å². The number of sulfonamides is 1. The van der Waals surface area contributed by atoms with Crippen molar-refractivity contribution in [2.24, 2.45) is 5.92 Å². The largest absolute Gasteiger partial charge is 0.491 e. The quantitative estimate of drug-likeness (QED) is 0.345. The molecule has 182 valence electrons. The van der Waals surface area contributed by atoms with Gasteiger partial charge in [0, 0.05) is 13.0 Å². The molecule has 1 aromatic rings. The normalized spacial score (nSPS) is 16.7. The monoisotopic (exact) mass is 480 g/mol. The number of hydrogen-bond donors (Lipinski definition) is 2. The lowest BCUT2D eigenvalue weighted by Gasteiger charge is -2.21. The van der Waals surface area contributed by atoms with Crippen molar-refractivity contribution in [3.05, 3.63) is 23.3 Å². The van der Waals surface area contributed by atoms with Gasteiger partial charge in [-0.3, -0.25) is 24.0 Å². The van der Waals surface area contributed by atoms with Crippen LogP contribution in [0.5, 0.6) is 5.75 Å². The van der Waals surface area contributed by atoms with Gasteiger partial charge in [-0.05, 0) is 37.3 Å². The van der Waals surface area contributed by atoms with Crippen molar-refractivity contribution in [2.45, 2.75) is 64.2 Å². The molecule has 2 N–H and O–H groups in total. The van der Waals surface area contributed by atoms with E-state index in [-0.39, 0.29) is 42.0 Å². The SMILES string of the molecule is CS(=O)(=O)Nc1cc2c(cc1OCCCCC1CCCCC1)C(=O)N(CCCC(=O)O)C2=O. The summed E-state index contributed by atoms with van der Waals surface area (Å²) in [6.07, 6.45) is 10.4. The molecule has 0 atom stereocenters. The van der Waals surface area contributed by atoms with Crippen LogP contribution in [0.25, 0.3) is 0 Å². The first-order chi connectivity index (χ1) is 15.7. The van der Waals surface area contributed by atoms with Gasteiger partial charge in [-0.1, -0.05) is 38.5 Å². The lowest BCUT2D eigenvalue weighted by Crippen LogP contribution is -2.31. The van der Waals surface area contributed by atoms with Crippen molar-refractivity contribution in [1.29, 1.82) is 0 Å². The molecular formula is C23H32N2O7S. The van der Waals surface area contributed by atoms with Gasteiger partial charge >= 0.3 is 5.97 Å². The van der Waals surface area contributed by atoms with Crippen LogP contribution in [-0.2, 0) is 14.8 Å². The van der Waals surface area contributed by atoms with Crippen LogP contribution >= 0.6 is 0 Å². The number of nitrogens with zero attached hydrogens (tertiary/aromatic N) is 1. The second-order valence-electron chi connectivity index (χ2n) is 8.88. The van der Waals surface area contributed by atoms with Gasteiger partial charge in [0.2, 0.25) is 10.0 Å². The Bertz CT molecular complexity index is 1000. The molecule has 2 amide bonds. The third-order valence-corrected chi connectivity index (χ3v) is 6.72. The molecule has 0 unspecified atom stereocenters. The average Bonchev–Trinajstić information content (AvgIpc) is 2.97. The minimum absolute atomic E-state index is 0.0230. The first-order valence-electron chi connectivity index (χ1n) is 11.5. The van der Waals surface area contributed by atoms with Crippen molar-refractivity contribution in [2.75, 3.05) is 24.1 Å². The zero-order valence-electron chi connectivity index (χ0n) is 19.0. The highest BCUT2D eigenvalue weighted by Gasteiger charge is 2.36. The van der Waals surface area contributed by atoms with Gasteiger partial charge in [-0.25, -0.2) is 8.42 Å². The van der Waals surface area contributed by atoms with Gasteiger partial charge in [0.1, 0.15) is 5.75 Å². The van der Waals surface area contributed by atoms with E-state index in [1.807, 2.05) is 0 Å². The molecule has 0 bridgehead atoms. The molecule has 1 aliphatic heterocycles. The first kappa shape index (κ1) is 25.0. The number of nitrogens with one attached hydrogen (secondary N) is 1. The molecule has 2 aliphatic rings. The number of amides is 2. The predicted molar refractivity (Wildman–Crippen MR) is 123 cm³/mol. The number of carbonyl (C=O) groups is 3. The summed E-state index contributed by atoms with van der Waals surface area (Å²) >= 11 is 0. The van der Waals surface area contributed by atoms with Crippen molar-refractivity contribution in [3.8, 4) is 5.75 Å². The average molecular weight is 481 g/mol. The van der Waals surface area contributed by atoms with Gasteiger partial charge in [-0.15, -0.1) is 0 Å². The van der Waals surface area contributed by atoms with E-state index in [1.54, 1.807) is 0 Å². The summed E-state index contributed by atoms with van der Waals surface area (Å²) in [4.78, 5) is 37.2. The van der Waals surface area contributed by atoms with Crippen LogP contribution in [0, 0.1) is 5.92 Å². The summed E-state index contributed by atoms with van der Waals surface area (Å²) in [5.74, 6) is -1.14. The molecule has 1 aliphatic carbocycles. The number of rotatable bonds is 12. The Labute approximate surface area is 194 Å². The molecule has 10 heteroatoms. The summed E-state index contributed by atoms with van der Waals surface area (Å²) in [5.41, 5.74) is 0.315. The fourth-order valence-corrected chi connectivity index (χ4v) is 5.06. The summed E-state index contributed by atoms with van der Waals surface area (Å²) in [7, 11) is -3.64. The number of ether oxygens (including phenoxy) is 1. The minimum atomic E-state index is -3.64. The van der Waals surface area contributed by atoms with E-state index < -0.39 is 27.8 Å². The molecule has 33 heavy (non-hydrogen) atoms. The van der Waals surface area contributed by atoms with Gasteiger partial charge < -0.3 is 9.84 Å². The Morgan fingerprint density at radius 3 is 2.39 bits per heavy atom. The van der Waals surface area contributed by atoms with Crippen molar-refractivity contribution in [1.82, 2.24) is 4.90 Å². The summed E-state index contributed by atoms with van der Waals surface area (Å²) in [5, 5.41) is 8.80. The molecule has 1 heterocycles. The maximum atomic E-state index is 12.7. The molecule has 1 aromatic carbocycles. The number of imide groups is 1. The van der Waals surface area contributed by atoms with Crippen LogP contribution in [0.3, 0.4) is 0 Å². The van der Waals surface area contributed by atoms with Crippen LogP contribution in [-0.4, -0.2) is 55.6 Å². The standard InChI is InChI=1S/C23H32N2O7S/c1-33(30,31)24-19-14-17-18(23(29)25(22(17)28)12-7-11-21(26)27)15-20(19)32-13-6-5-10-16-8-3-2-4-9-16/h14-16,24H,2-13H2,1H3,(H,26,27). The fraction of sp³-hybridized carbons (Fsp3) is 0.609. The number of carboxylic acid groups (broad SMARTS) is 1. The Hall–Kier alpha value is -2.62. The number of carboxylic acids is 1. The highest BCUT2D eigenvalue weighted by molar-refractivity contribution is 7.92. The first-order valence-corrected chi connectivity index (χ1v) is 13.4. The Morgan fingerprint density at radius 1 is 1.09 bits per heavy atom. The number of carbonyl (C=O) groups excluding carboxylic acids is 2. The van der Waals surface area contributed by atoms with E-state index >= 15 is 0 Å². The lowest BCUT2D eigenvalue weighted by atomic mass is 9.86. The third kappa shape index (κ3) is 6.93. The molecule has 0 radical (unpaired) electrons. The summed E-state index contributed by atoms with van der Waals surface area (Å²) < 4.78 is 31.9. The molecule has 0 spiro atoms. The van der Waals surface area contributed by atoms with Crippen LogP contribution in [0.4, 0.5) is 5.69 Å². The van der Waals surface area contributed by atoms with Crippen molar-refractivity contribution in [3.63, 3.8) is 0 Å². The molecular weight excluding hydrogens is 448 g/mol. The number of unbranched alkanes of at least 4 members (excludes halogenated alkanes) is 1. The Kier molecular flexibility index (Phi) is 8.34. The van der Waals surface area contributed by atoms with E-state index in [0.717, 1.165) is 36.3 Å². The minimum Gasteiger partial charge on any atom is -0.491 e. The summed E-state index contributed by atoms with van der Waals surface area (Å²) in [6.45, 7) is 0.346. The van der Waals surface area contributed by atoms with E-state index in [0.29, 0.717) is 6.61 Å². The van der Waals surface area contributed by atoms with Crippen molar-refractivity contribution < 1.29 is 32.6 Å². The fourth-order valence-electron chi connectivity index (χ4n) is 4.50. The Balaban J connectivity index is 1.68. The molecule has 1 saturated carbocycles. The van der Waals surface area contributed by atoms with Crippen LogP contribution < -0.4 is 9.46 Å². The number of benzene rings is 1. The number of hydrogen-bond acceptors (Lipinski definition) is 6. The van der Waals surface area contributed by atoms with E-state index in [2.05, 4.69) is 4.72 Å². The zero-order chi connectivity index (χ0) is 24.0. The van der Waals surface area contributed by atoms with E-state index in [1.165, 1.54) is 44.2 Å². The Morgan fingerprint density at radius 2 is 1.76 bits per heavy atom. The molecule has 0 aromatic heterocycles. The van der Waals surface area contributed by atoms with E-state index in [9.17, 15) is 22.8 Å². The van der Waals surface area contributed by atoms with Crippen LogP contribution in [0.2, 0.25) is 0 Å². The van der Waals surface area contributed by atoms with E-state index in [4.69, 9.17) is 9.84 Å². The molecule has 0 saturated heterocycles. The second-order valence-corrected chi connectivity index (χ2v) is 10.6.